The number of amides is 2. The molecule has 0 heterocycles. The van der Waals surface area contributed by atoms with Crippen molar-refractivity contribution >= 4 is 12.1 Å². The minimum Gasteiger partial charge on any atom is -0.337 e. The average Bonchev–Trinajstić information content (AvgIpc) is 2.46. The standard InChI is InChI=1S/C16H25N3O/c1-4-19(5-2)13-12-18-16(20)17-11-10-15-9-7-6-8-14(15)3/h6-11H,4-5,12-13H2,1-3H3,(H2,17,18,20)/b11-10+. The van der Waals surface area contributed by atoms with Crippen molar-refractivity contribution in [2.24, 2.45) is 0 Å². The Bertz CT molecular complexity index is 439. The Labute approximate surface area is 121 Å². The Kier molecular flexibility index (Phi) is 7.43. The van der Waals surface area contributed by atoms with Crippen LogP contribution in [0.1, 0.15) is 25.0 Å². The Morgan fingerprint density at radius 1 is 1.25 bits per heavy atom. The number of nitrogens with one attached hydrogen (secondary N) is 2. The lowest BCUT2D eigenvalue weighted by Crippen LogP contribution is -2.38. The van der Waals surface area contributed by atoms with Gasteiger partial charge in [-0.3, -0.25) is 0 Å². The molecule has 0 atom stereocenters. The Balaban J connectivity index is 2.28. The number of carbonyl (C=O) groups excluding carboxylic acids is 1. The predicted octanol–water partition coefficient (Wildman–Crippen LogP) is 2.61. The molecule has 0 saturated carbocycles. The first kappa shape index (κ1) is 16.2. The van der Waals surface area contributed by atoms with E-state index in [2.05, 4.69) is 29.4 Å². The molecule has 2 amide bonds. The fourth-order valence-electron chi connectivity index (χ4n) is 1.90. The highest BCUT2D eigenvalue weighted by molar-refractivity contribution is 5.75. The minimum atomic E-state index is -0.165. The summed E-state index contributed by atoms with van der Waals surface area (Å²) in [5, 5.41) is 5.56. The second-order valence-electron chi connectivity index (χ2n) is 4.62. The number of likely N-dealkylation sites (N-methyl/N-ethyl adjacent to an activating group) is 1. The van der Waals surface area contributed by atoms with Gasteiger partial charge < -0.3 is 15.5 Å². The highest BCUT2D eigenvalue weighted by Gasteiger charge is 2.00. The highest BCUT2D eigenvalue weighted by Crippen LogP contribution is 2.07. The Morgan fingerprint density at radius 3 is 2.60 bits per heavy atom. The van der Waals surface area contributed by atoms with Gasteiger partial charge in [-0.15, -0.1) is 0 Å². The molecule has 2 N–H and O–H groups in total. The van der Waals surface area contributed by atoms with Gasteiger partial charge >= 0.3 is 6.03 Å². The second-order valence-corrected chi connectivity index (χ2v) is 4.62. The van der Waals surface area contributed by atoms with Crippen molar-refractivity contribution in [3.8, 4) is 0 Å². The summed E-state index contributed by atoms with van der Waals surface area (Å²) in [5.74, 6) is 0. The van der Waals surface area contributed by atoms with Crippen LogP contribution in [0.15, 0.2) is 30.5 Å². The van der Waals surface area contributed by atoms with Crippen LogP contribution in [-0.2, 0) is 0 Å². The van der Waals surface area contributed by atoms with Crippen LogP contribution in [0.5, 0.6) is 0 Å². The first-order chi connectivity index (χ1) is 9.67. The van der Waals surface area contributed by atoms with E-state index in [1.807, 2.05) is 37.3 Å². The molecule has 1 aromatic rings. The molecule has 0 spiro atoms. The number of nitrogens with zero attached hydrogens (tertiary/aromatic N) is 1. The van der Waals surface area contributed by atoms with Gasteiger partial charge in [-0.2, -0.15) is 0 Å². The summed E-state index contributed by atoms with van der Waals surface area (Å²) < 4.78 is 0. The third kappa shape index (κ3) is 5.89. The minimum absolute atomic E-state index is 0.165. The quantitative estimate of drug-likeness (QED) is 0.803. The molecule has 1 rings (SSSR count). The monoisotopic (exact) mass is 275 g/mol. The number of benzene rings is 1. The molecule has 0 unspecified atom stereocenters. The van der Waals surface area contributed by atoms with Gasteiger partial charge in [-0.05, 0) is 37.2 Å². The smallest absolute Gasteiger partial charge is 0.318 e. The number of rotatable bonds is 7. The third-order valence-corrected chi connectivity index (χ3v) is 3.27. The third-order valence-electron chi connectivity index (χ3n) is 3.27. The summed E-state index contributed by atoms with van der Waals surface area (Å²) in [5.41, 5.74) is 2.29. The van der Waals surface area contributed by atoms with E-state index in [1.54, 1.807) is 6.20 Å². The molecule has 0 radical (unpaired) electrons. The van der Waals surface area contributed by atoms with Crippen molar-refractivity contribution in [1.29, 1.82) is 0 Å². The molecule has 0 aliphatic rings. The van der Waals surface area contributed by atoms with Crippen molar-refractivity contribution in [2.45, 2.75) is 20.8 Å². The van der Waals surface area contributed by atoms with Crippen LogP contribution in [0, 0.1) is 6.92 Å². The molecule has 0 aromatic heterocycles. The molecule has 0 aliphatic heterocycles. The van der Waals surface area contributed by atoms with E-state index < -0.39 is 0 Å². The van der Waals surface area contributed by atoms with E-state index in [9.17, 15) is 4.79 Å². The van der Waals surface area contributed by atoms with Crippen LogP contribution in [-0.4, -0.2) is 37.1 Å². The molecule has 20 heavy (non-hydrogen) atoms. The maximum absolute atomic E-state index is 11.6. The van der Waals surface area contributed by atoms with Crippen LogP contribution in [0.25, 0.3) is 6.08 Å². The van der Waals surface area contributed by atoms with Crippen LogP contribution < -0.4 is 10.6 Å². The fourth-order valence-corrected chi connectivity index (χ4v) is 1.90. The molecule has 1 aromatic carbocycles. The topological polar surface area (TPSA) is 44.4 Å². The SMILES string of the molecule is CCN(CC)CCNC(=O)N/C=C/c1ccccc1C. The van der Waals surface area contributed by atoms with Crippen LogP contribution in [0.4, 0.5) is 4.79 Å². The van der Waals surface area contributed by atoms with E-state index in [4.69, 9.17) is 0 Å². The van der Waals surface area contributed by atoms with Crippen LogP contribution >= 0.6 is 0 Å². The summed E-state index contributed by atoms with van der Waals surface area (Å²) >= 11 is 0. The highest BCUT2D eigenvalue weighted by atomic mass is 16.2. The molecular weight excluding hydrogens is 250 g/mol. The van der Waals surface area contributed by atoms with Crippen molar-refractivity contribution in [1.82, 2.24) is 15.5 Å². The zero-order valence-electron chi connectivity index (χ0n) is 12.6. The molecule has 0 saturated heterocycles. The lowest BCUT2D eigenvalue weighted by atomic mass is 10.1. The summed E-state index contributed by atoms with van der Waals surface area (Å²) in [7, 11) is 0. The van der Waals surface area contributed by atoms with Gasteiger partial charge in [-0.1, -0.05) is 38.1 Å². The fraction of sp³-hybridized carbons (Fsp3) is 0.438. The van der Waals surface area contributed by atoms with Crippen molar-refractivity contribution in [3.63, 3.8) is 0 Å². The first-order valence-corrected chi connectivity index (χ1v) is 7.16. The van der Waals surface area contributed by atoms with Crippen LogP contribution in [0.2, 0.25) is 0 Å². The van der Waals surface area contributed by atoms with E-state index >= 15 is 0 Å². The molecule has 0 aliphatic carbocycles. The van der Waals surface area contributed by atoms with E-state index in [1.165, 1.54) is 5.56 Å². The first-order valence-electron chi connectivity index (χ1n) is 7.16. The average molecular weight is 275 g/mol. The maximum atomic E-state index is 11.6. The zero-order chi connectivity index (χ0) is 14.8. The predicted molar refractivity (Wildman–Crippen MR) is 84.5 cm³/mol. The maximum Gasteiger partial charge on any atom is 0.318 e. The number of hydrogen-bond acceptors (Lipinski definition) is 2. The van der Waals surface area contributed by atoms with Gasteiger partial charge in [0.1, 0.15) is 0 Å². The van der Waals surface area contributed by atoms with Crippen molar-refractivity contribution < 1.29 is 4.79 Å². The Morgan fingerprint density at radius 2 is 1.95 bits per heavy atom. The number of hydrogen-bond donors (Lipinski definition) is 2. The molecular formula is C16H25N3O. The van der Waals surface area contributed by atoms with E-state index in [0.29, 0.717) is 6.54 Å². The van der Waals surface area contributed by atoms with Gasteiger partial charge in [0.2, 0.25) is 0 Å². The van der Waals surface area contributed by atoms with Gasteiger partial charge in [0.05, 0.1) is 0 Å². The van der Waals surface area contributed by atoms with Crippen molar-refractivity contribution in [2.75, 3.05) is 26.2 Å². The van der Waals surface area contributed by atoms with E-state index in [-0.39, 0.29) is 6.03 Å². The van der Waals surface area contributed by atoms with Gasteiger partial charge in [0, 0.05) is 19.3 Å². The van der Waals surface area contributed by atoms with Crippen molar-refractivity contribution in [3.05, 3.63) is 41.6 Å². The number of carbonyl (C=O) groups is 1. The lowest BCUT2D eigenvalue weighted by Gasteiger charge is -2.17. The molecule has 0 bridgehead atoms. The van der Waals surface area contributed by atoms with Gasteiger partial charge in [0.25, 0.3) is 0 Å². The lowest BCUT2D eigenvalue weighted by molar-refractivity contribution is 0.240. The summed E-state index contributed by atoms with van der Waals surface area (Å²) in [4.78, 5) is 13.9. The summed E-state index contributed by atoms with van der Waals surface area (Å²) in [6, 6.07) is 7.88. The second kappa shape index (κ2) is 9.15. The summed E-state index contributed by atoms with van der Waals surface area (Å²) in [6.45, 7) is 9.83. The zero-order valence-corrected chi connectivity index (χ0v) is 12.6. The van der Waals surface area contributed by atoms with E-state index in [0.717, 1.165) is 25.2 Å². The largest absolute Gasteiger partial charge is 0.337 e. The molecule has 4 heteroatoms. The number of urea groups is 1. The molecule has 110 valence electrons. The number of aryl methyl sites for hydroxylation is 1. The summed E-state index contributed by atoms with van der Waals surface area (Å²) in [6.07, 6.45) is 3.58. The van der Waals surface area contributed by atoms with Crippen LogP contribution in [0.3, 0.4) is 0 Å². The molecule has 4 nitrogen and oxygen atoms in total. The normalized spacial score (nSPS) is 11.0. The molecule has 0 fully saturated rings. The van der Waals surface area contributed by atoms with Gasteiger partial charge in [0.15, 0.2) is 0 Å². The van der Waals surface area contributed by atoms with Gasteiger partial charge in [-0.25, -0.2) is 4.79 Å². The Hall–Kier alpha value is -1.81.